The van der Waals surface area contributed by atoms with Gasteiger partial charge in [-0.15, -0.1) is 0 Å². The molecule has 2 nitrogen and oxygen atoms in total. The van der Waals surface area contributed by atoms with Crippen LogP contribution in [0.15, 0.2) is 0 Å². The van der Waals surface area contributed by atoms with E-state index in [0.29, 0.717) is 6.42 Å². The van der Waals surface area contributed by atoms with Crippen LogP contribution < -0.4 is 0 Å². The van der Waals surface area contributed by atoms with Crippen molar-refractivity contribution in [3.05, 3.63) is 0 Å². The van der Waals surface area contributed by atoms with Crippen molar-refractivity contribution in [1.29, 1.82) is 0 Å². The molecule has 3 heteroatoms. The molecule has 0 heterocycles. The van der Waals surface area contributed by atoms with E-state index in [1.54, 1.807) is 0 Å². The first-order chi connectivity index (χ1) is 4.77. The Bertz CT molecular complexity index is 94.1. The van der Waals surface area contributed by atoms with Crippen molar-refractivity contribution < 1.29 is 29.4 Å². The van der Waals surface area contributed by atoms with Gasteiger partial charge in [-0.1, -0.05) is 32.6 Å². The number of hydrogen-bond acceptors (Lipinski definition) is 1. The molecule has 0 aliphatic rings. The first-order valence-corrected chi connectivity index (χ1v) is 3.99. The molecule has 0 unspecified atom stereocenters. The summed E-state index contributed by atoms with van der Waals surface area (Å²) in [6, 6.07) is 0. The molecule has 0 radical (unpaired) electrons. The van der Waals surface area contributed by atoms with E-state index >= 15 is 0 Å². The predicted octanol–water partition coefficient (Wildman–Crippen LogP) is 2.43. The molecule has 0 aromatic carbocycles. The van der Waals surface area contributed by atoms with Gasteiger partial charge in [-0.05, 0) is 6.42 Å². The fraction of sp³-hybridized carbons (Fsp3) is 0.875. The van der Waals surface area contributed by atoms with Crippen LogP contribution in [-0.2, 0) is 24.3 Å². The summed E-state index contributed by atoms with van der Waals surface area (Å²) in [6.45, 7) is 2.15. The van der Waals surface area contributed by atoms with Crippen LogP contribution >= 0.6 is 0 Å². The molecule has 0 aliphatic heterocycles. The molecule has 0 rings (SSSR count). The van der Waals surface area contributed by atoms with Crippen molar-refractivity contribution in [1.82, 2.24) is 0 Å². The van der Waals surface area contributed by atoms with Gasteiger partial charge in [-0.2, -0.15) is 0 Å². The smallest absolute Gasteiger partial charge is 0.303 e. The second-order valence-electron chi connectivity index (χ2n) is 2.56. The van der Waals surface area contributed by atoms with Crippen molar-refractivity contribution >= 4 is 5.97 Å². The minimum absolute atomic E-state index is 0. The zero-order valence-corrected chi connectivity index (χ0v) is 8.69. The second-order valence-corrected chi connectivity index (χ2v) is 2.56. The van der Waals surface area contributed by atoms with Crippen molar-refractivity contribution in [3.8, 4) is 0 Å². The van der Waals surface area contributed by atoms with E-state index in [0.717, 1.165) is 12.8 Å². The Morgan fingerprint density at radius 1 is 1.18 bits per heavy atom. The van der Waals surface area contributed by atoms with Crippen LogP contribution in [0.3, 0.4) is 0 Å². The van der Waals surface area contributed by atoms with Gasteiger partial charge >= 0.3 is 5.97 Å². The summed E-state index contributed by atoms with van der Waals surface area (Å²) in [6.07, 6.45) is 5.88. The molecule has 1 N–H and O–H groups in total. The van der Waals surface area contributed by atoms with Crippen molar-refractivity contribution in [3.63, 3.8) is 0 Å². The summed E-state index contributed by atoms with van der Waals surface area (Å²) in [5, 5.41) is 8.27. The summed E-state index contributed by atoms with van der Waals surface area (Å²) in [4.78, 5) is 10.0. The summed E-state index contributed by atoms with van der Waals surface area (Å²) < 4.78 is 0. The van der Waals surface area contributed by atoms with Crippen molar-refractivity contribution in [2.24, 2.45) is 0 Å². The molecule has 0 aromatic heterocycles. The number of unbranched alkanes of at least 4 members (excludes halogenated alkanes) is 4. The first-order valence-electron chi connectivity index (χ1n) is 3.99. The molecule has 0 fully saturated rings. The molecule has 0 aliphatic carbocycles. The minimum Gasteiger partial charge on any atom is -0.481 e. The van der Waals surface area contributed by atoms with E-state index in [1.165, 1.54) is 19.3 Å². The number of carbonyl (C=O) groups is 1. The number of hydrogen-bond donors (Lipinski definition) is 1. The quantitative estimate of drug-likeness (QED) is 0.576. The van der Waals surface area contributed by atoms with Crippen LogP contribution in [0, 0.1) is 0 Å². The van der Waals surface area contributed by atoms with E-state index < -0.39 is 5.97 Å². The Morgan fingerprint density at radius 3 is 2.18 bits per heavy atom. The monoisotopic (exact) mass is 246 g/mol. The van der Waals surface area contributed by atoms with Gasteiger partial charge in [-0.3, -0.25) is 4.79 Å². The summed E-state index contributed by atoms with van der Waals surface area (Å²) in [7, 11) is 0. The molecule has 0 atom stereocenters. The standard InChI is InChI=1S/C8H16O2.Ru/c1-2-3-4-5-6-7-8(9)10;/h2-7H2,1H3,(H,9,10);. The maximum atomic E-state index is 10.0. The third-order valence-corrected chi connectivity index (χ3v) is 1.49. The molecule has 0 aromatic rings. The average molecular weight is 245 g/mol. The Morgan fingerprint density at radius 2 is 1.73 bits per heavy atom. The van der Waals surface area contributed by atoms with Crippen LogP contribution in [0.5, 0.6) is 0 Å². The molecular weight excluding hydrogens is 229 g/mol. The van der Waals surface area contributed by atoms with E-state index in [4.69, 9.17) is 5.11 Å². The molecule has 0 saturated heterocycles. The van der Waals surface area contributed by atoms with E-state index in [2.05, 4.69) is 6.92 Å². The van der Waals surface area contributed by atoms with Gasteiger partial charge in [0.05, 0.1) is 0 Å². The molecule has 0 bridgehead atoms. The zero-order chi connectivity index (χ0) is 7.82. The van der Waals surface area contributed by atoms with Crippen LogP contribution in [-0.4, -0.2) is 11.1 Å². The van der Waals surface area contributed by atoms with Crippen LogP contribution in [0.2, 0.25) is 0 Å². The number of carboxylic acid groups (broad SMARTS) is 1. The Labute approximate surface area is 81.1 Å². The maximum absolute atomic E-state index is 10.0. The normalized spacial score (nSPS) is 8.82. The van der Waals surface area contributed by atoms with Crippen LogP contribution in [0.25, 0.3) is 0 Å². The maximum Gasteiger partial charge on any atom is 0.303 e. The predicted molar refractivity (Wildman–Crippen MR) is 41.0 cm³/mol. The molecule has 11 heavy (non-hydrogen) atoms. The van der Waals surface area contributed by atoms with Gasteiger partial charge in [0.2, 0.25) is 0 Å². The topological polar surface area (TPSA) is 37.3 Å². The van der Waals surface area contributed by atoms with Crippen molar-refractivity contribution in [2.75, 3.05) is 0 Å². The van der Waals surface area contributed by atoms with Crippen molar-refractivity contribution in [2.45, 2.75) is 45.4 Å². The summed E-state index contributed by atoms with van der Waals surface area (Å²) >= 11 is 0. The largest absolute Gasteiger partial charge is 0.481 e. The van der Waals surface area contributed by atoms with Gasteiger partial charge in [0.15, 0.2) is 0 Å². The second kappa shape index (κ2) is 10.1. The van der Waals surface area contributed by atoms with Crippen LogP contribution in [0.4, 0.5) is 0 Å². The minimum atomic E-state index is -0.670. The van der Waals surface area contributed by atoms with E-state index in [-0.39, 0.29) is 19.5 Å². The fourth-order valence-electron chi connectivity index (χ4n) is 0.880. The first kappa shape index (κ1) is 13.7. The van der Waals surface area contributed by atoms with E-state index in [9.17, 15) is 4.79 Å². The van der Waals surface area contributed by atoms with Crippen LogP contribution in [0.1, 0.15) is 45.4 Å². The third-order valence-electron chi connectivity index (χ3n) is 1.49. The molecule has 0 amide bonds. The Kier molecular flexibility index (Phi) is 12.5. The van der Waals surface area contributed by atoms with Gasteiger partial charge in [-0.25, -0.2) is 0 Å². The summed E-state index contributed by atoms with van der Waals surface area (Å²) in [5.74, 6) is -0.670. The SMILES string of the molecule is CCCCCCCC(=O)O.[Ru]. The zero-order valence-electron chi connectivity index (χ0n) is 6.95. The van der Waals surface area contributed by atoms with Gasteiger partial charge in [0.25, 0.3) is 0 Å². The number of rotatable bonds is 6. The van der Waals surface area contributed by atoms with Gasteiger partial charge in [0, 0.05) is 25.9 Å². The third kappa shape index (κ3) is 13.1. The Hall–Kier alpha value is 0.0934. The number of carboxylic acids is 1. The fourth-order valence-corrected chi connectivity index (χ4v) is 0.880. The summed E-state index contributed by atoms with van der Waals surface area (Å²) in [5.41, 5.74) is 0. The van der Waals surface area contributed by atoms with E-state index in [1.807, 2.05) is 0 Å². The molecule has 0 spiro atoms. The number of aliphatic carboxylic acids is 1. The average Bonchev–Trinajstić information content (AvgIpc) is 1.87. The molecular formula is C8H16O2Ru. The van der Waals surface area contributed by atoms with Gasteiger partial charge in [0.1, 0.15) is 0 Å². The molecule has 68 valence electrons. The van der Waals surface area contributed by atoms with Gasteiger partial charge < -0.3 is 5.11 Å². The molecule has 0 saturated carbocycles. The Balaban J connectivity index is 0.